The van der Waals surface area contributed by atoms with Crippen LogP contribution in [-0.2, 0) is 13.0 Å². The lowest BCUT2D eigenvalue weighted by atomic mass is 10.1. The van der Waals surface area contributed by atoms with E-state index in [1.165, 1.54) is 6.07 Å². The minimum Gasteiger partial charge on any atom is -0.399 e. The number of nitrogens with one attached hydrogen (secondary N) is 2. The number of nitrogens with zero attached hydrogens (tertiary/aromatic N) is 1. The molecule has 5 nitrogen and oxygen atoms in total. The zero-order valence-corrected chi connectivity index (χ0v) is 11.2. The summed E-state index contributed by atoms with van der Waals surface area (Å²) in [6.07, 6.45) is 0.697. The largest absolute Gasteiger partial charge is 0.399 e. The normalized spacial score (nSPS) is 10.4. The Labute approximate surface area is 111 Å². The van der Waals surface area contributed by atoms with Gasteiger partial charge in [-0.3, -0.25) is 4.79 Å². The minimum atomic E-state index is -0.140. The molecule has 0 atom stereocenters. The molecule has 0 bridgehead atoms. The van der Waals surface area contributed by atoms with Crippen molar-refractivity contribution in [1.82, 2.24) is 9.97 Å². The molecule has 0 radical (unpaired) electrons. The Morgan fingerprint density at radius 3 is 2.95 bits per heavy atom. The average molecular weight is 258 g/mol. The standard InChI is InChI=1S/C14H18N4O/c1-3-12-17-13(7-14(19)18-12)16-8-10-5-4-6-11(15)9(10)2/h4-7H,3,8,15H2,1-2H3,(H2,16,17,18,19). The molecule has 100 valence electrons. The maximum Gasteiger partial charge on any atom is 0.252 e. The summed E-state index contributed by atoms with van der Waals surface area (Å²) in [5, 5.41) is 3.16. The summed E-state index contributed by atoms with van der Waals surface area (Å²) >= 11 is 0. The maximum atomic E-state index is 11.4. The van der Waals surface area contributed by atoms with E-state index in [0.717, 1.165) is 16.8 Å². The van der Waals surface area contributed by atoms with Gasteiger partial charge < -0.3 is 16.0 Å². The van der Waals surface area contributed by atoms with E-state index in [9.17, 15) is 4.79 Å². The second kappa shape index (κ2) is 5.56. The van der Waals surface area contributed by atoms with Crippen molar-refractivity contribution in [3.63, 3.8) is 0 Å². The molecule has 2 rings (SSSR count). The van der Waals surface area contributed by atoms with Gasteiger partial charge in [0, 0.05) is 24.7 Å². The third kappa shape index (κ3) is 3.13. The van der Waals surface area contributed by atoms with Crippen LogP contribution in [0.15, 0.2) is 29.1 Å². The van der Waals surface area contributed by atoms with Crippen molar-refractivity contribution in [2.75, 3.05) is 11.1 Å². The van der Waals surface area contributed by atoms with Crippen molar-refractivity contribution < 1.29 is 0 Å². The Bertz CT molecular complexity index is 634. The van der Waals surface area contributed by atoms with Gasteiger partial charge >= 0.3 is 0 Å². The molecule has 2 aromatic rings. The molecule has 1 aromatic carbocycles. The zero-order chi connectivity index (χ0) is 13.8. The van der Waals surface area contributed by atoms with Crippen molar-refractivity contribution in [2.24, 2.45) is 0 Å². The molecule has 4 N–H and O–H groups in total. The van der Waals surface area contributed by atoms with E-state index in [4.69, 9.17) is 5.73 Å². The number of benzene rings is 1. The molecule has 5 heteroatoms. The second-order valence-electron chi connectivity index (χ2n) is 4.42. The maximum absolute atomic E-state index is 11.4. The number of rotatable bonds is 4. The summed E-state index contributed by atoms with van der Waals surface area (Å²) in [5.74, 6) is 1.27. The Morgan fingerprint density at radius 1 is 1.42 bits per heavy atom. The molecule has 19 heavy (non-hydrogen) atoms. The first-order valence-electron chi connectivity index (χ1n) is 6.28. The first-order valence-corrected chi connectivity index (χ1v) is 6.28. The SMILES string of the molecule is CCc1nc(NCc2cccc(N)c2C)cc(=O)[nH]1. The van der Waals surface area contributed by atoms with Crippen molar-refractivity contribution in [3.05, 3.63) is 51.6 Å². The molecule has 0 aliphatic carbocycles. The summed E-state index contributed by atoms with van der Waals surface area (Å²) in [7, 11) is 0. The number of aromatic amines is 1. The highest BCUT2D eigenvalue weighted by atomic mass is 16.1. The van der Waals surface area contributed by atoms with E-state index in [1.807, 2.05) is 32.0 Å². The van der Waals surface area contributed by atoms with E-state index in [0.29, 0.717) is 24.6 Å². The number of hydrogen-bond donors (Lipinski definition) is 3. The molecule has 0 saturated heterocycles. The number of nitrogens with two attached hydrogens (primary N) is 1. The Hall–Kier alpha value is -2.30. The lowest BCUT2D eigenvalue weighted by molar-refractivity contribution is 0.914. The van der Waals surface area contributed by atoms with Gasteiger partial charge in [0.25, 0.3) is 5.56 Å². The van der Waals surface area contributed by atoms with Crippen molar-refractivity contribution >= 4 is 11.5 Å². The Balaban J connectivity index is 2.16. The van der Waals surface area contributed by atoms with Crippen molar-refractivity contribution in [1.29, 1.82) is 0 Å². The fraction of sp³-hybridized carbons (Fsp3) is 0.286. The molecule has 0 fully saturated rings. The summed E-state index contributed by atoms with van der Waals surface area (Å²) in [5.41, 5.74) is 8.64. The number of aromatic nitrogens is 2. The predicted molar refractivity (Wildman–Crippen MR) is 77.2 cm³/mol. The number of anilines is 2. The Morgan fingerprint density at radius 2 is 2.21 bits per heavy atom. The number of nitrogen functional groups attached to an aromatic ring is 1. The van der Waals surface area contributed by atoms with E-state index in [-0.39, 0.29) is 5.56 Å². The molecule has 0 aliphatic heterocycles. The van der Waals surface area contributed by atoms with Crippen LogP contribution in [0, 0.1) is 6.92 Å². The van der Waals surface area contributed by atoms with Crippen LogP contribution in [0.1, 0.15) is 23.9 Å². The molecular formula is C14H18N4O. The van der Waals surface area contributed by atoms with Gasteiger partial charge in [0.05, 0.1) is 0 Å². The van der Waals surface area contributed by atoms with Crippen LogP contribution < -0.4 is 16.6 Å². The highest BCUT2D eigenvalue weighted by Gasteiger charge is 2.03. The van der Waals surface area contributed by atoms with E-state index >= 15 is 0 Å². The van der Waals surface area contributed by atoms with Crippen LogP contribution in [0.5, 0.6) is 0 Å². The van der Waals surface area contributed by atoms with E-state index < -0.39 is 0 Å². The van der Waals surface area contributed by atoms with Gasteiger partial charge in [0.1, 0.15) is 11.6 Å². The third-order valence-electron chi connectivity index (χ3n) is 3.07. The van der Waals surface area contributed by atoms with Gasteiger partial charge in [0.15, 0.2) is 0 Å². The summed E-state index contributed by atoms with van der Waals surface area (Å²) in [6.45, 7) is 4.52. The van der Waals surface area contributed by atoms with Gasteiger partial charge in [-0.15, -0.1) is 0 Å². The van der Waals surface area contributed by atoms with Crippen LogP contribution in [0.4, 0.5) is 11.5 Å². The highest BCUT2D eigenvalue weighted by molar-refractivity contribution is 5.51. The van der Waals surface area contributed by atoms with Gasteiger partial charge in [-0.2, -0.15) is 0 Å². The van der Waals surface area contributed by atoms with Crippen LogP contribution in [-0.4, -0.2) is 9.97 Å². The third-order valence-corrected chi connectivity index (χ3v) is 3.07. The number of aryl methyl sites for hydroxylation is 1. The minimum absolute atomic E-state index is 0.140. The van der Waals surface area contributed by atoms with Gasteiger partial charge in [-0.25, -0.2) is 4.98 Å². The van der Waals surface area contributed by atoms with Crippen molar-refractivity contribution in [3.8, 4) is 0 Å². The molecular weight excluding hydrogens is 240 g/mol. The van der Waals surface area contributed by atoms with Crippen LogP contribution >= 0.6 is 0 Å². The van der Waals surface area contributed by atoms with Crippen molar-refractivity contribution in [2.45, 2.75) is 26.8 Å². The topological polar surface area (TPSA) is 83.8 Å². The zero-order valence-electron chi connectivity index (χ0n) is 11.2. The molecule has 0 amide bonds. The lowest BCUT2D eigenvalue weighted by Gasteiger charge is -2.10. The quantitative estimate of drug-likeness (QED) is 0.731. The molecule has 0 aliphatic rings. The Kier molecular flexibility index (Phi) is 3.85. The first-order chi connectivity index (χ1) is 9.10. The molecule has 1 heterocycles. The monoisotopic (exact) mass is 258 g/mol. The molecule has 0 saturated carbocycles. The summed E-state index contributed by atoms with van der Waals surface area (Å²) in [6, 6.07) is 7.26. The predicted octanol–water partition coefficient (Wildman–Crippen LogP) is 1.84. The van der Waals surface area contributed by atoms with E-state index in [1.54, 1.807) is 0 Å². The molecule has 0 spiro atoms. The van der Waals surface area contributed by atoms with E-state index in [2.05, 4.69) is 15.3 Å². The number of H-pyrrole nitrogens is 1. The van der Waals surface area contributed by atoms with Gasteiger partial charge in [0.2, 0.25) is 0 Å². The smallest absolute Gasteiger partial charge is 0.252 e. The first kappa shape index (κ1) is 13.1. The highest BCUT2D eigenvalue weighted by Crippen LogP contribution is 2.16. The van der Waals surface area contributed by atoms with Crippen LogP contribution in [0.3, 0.4) is 0 Å². The van der Waals surface area contributed by atoms with Gasteiger partial charge in [-0.05, 0) is 24.1 Å². The fourth-order valence-electron chi connectivity index (χ4n) is 1.85. The van der Waals surface area contributed by atoms with Gasteiger partial charge in [-0.1, -0.05) is 19.1 Å². The summed E-state index contributed by atoms with van der Waals surface area (Å²) < 4.78 is 0. The molecule has 0 unspecified atom stereocenters. The molecule has 1 aromatic heterocycles. The number of hydrogen-bond acceptors (Lipinski definition) is 4. The average Bonchev–Trinajstić information content (AvgIpc) is 2.40. The lowest BCUT2D eigenvalue weighted by Crippen LogP contribution is -2.13. The second-order valence-corrected chi connectivity index (χ2v) is 4.42. The summed E-state index contributed by atoms with van der Waals surface area (Å²) in [4.78, 5) is 18.5. The van der Waals surface area contributed by atoms with Crippen LogP contribution in [0.25, 0.3) is 0 Å². The van der Waals surface area contributed by atoms with Crippen LogP contribution in [0.2, 0.25) is 0 Å². The fourth-order valence-corrected chi connectivity index (χ4v) is 1.85.